The van der Waals surface area contributed by atoms with E-state index in [-0.39, 0.29) is 36.1 Å². The summed E-state index contributed by atoms with van der Waals surface area (Å²) in [7, 11) is 1.56. The maximum atomic E-state index is 13.1. The number of benzene rings is 1. The Hall–Kier alpha value is -1.10. The number of likely N-dealkylation sites (tertiary alicyclic amines) is 1. The smallest absolute Gasteiger partial charge is 0.355 e. The molecule has 0 saturated carbocycles. The molecule has 1 aliphatic rings. The molecule has 2 rings (SSSR count). The van der Waals surface area contributed by atoms with Gasteiger partial charge in [0.1, 0.15) is 5.82 Å². The first-order valence-electron chi connectivity index (χ1n) is 8.42. The van der Waals surface area contributed by atoms with Crippen molar-refractivity contribution in [2.75, 3.05) is 33.2 Å². The molecule has 0 radical (unpaired) electrons. The van der Waals surface area contributed by atoms with E-state index in [1.54, 1.807) is 7.05 Å². The molecule has 1 heterocycles. The fourth-order valence-electron chi connectivity index (χ4n) is 2.88. The molecule has 0 aliphatic carbocycles. The quantitative estimate of drug-likeness (QED) is 0.288. The van der Waals surface area contributed by atoms with Crippen molar-refractivity contribution in [3.05, 3.63) is 35.1 Å². The van der Waals surface area contributed by atoms with Gasteiger partial charge in [-0.25, -0.2) is 4.39 Å². The van der Waals surface area contributed by atoms with Gasteiger partial charge in [-0.3, -0.25) is 4.99 Å². The van der Waals surface area contributed by atoms with Crippen molar-refractivity contribution < 1.29 is 17.6 Å². The van der Waals surface area contributed by atoms with E-state index in [0.717, 1.165) is 31.8 Å². The third-order valence-corrected chi connectivity index (χ3v) is 4.22. The Kier molecular flexibility index (Phi) is 9.62. The molecule has 0 bridgehead atoms. The molecule has 1 fully saturated rings. The monoisotopic (exact) mass is 488 g/mol. The second-order valence-electron chi connectivity index (χ2n) is 6.05. The fraction of sp³-hybridized carbons (Fsp3) is 0.588. The average Bonchev–Trinajstić information content (AvgIpc) is 2.59. The number of rotatable bonds is 5. The van der Waals surface area contributed by atoms with Crippen molar-refractivity contribution in [1.29, 1.82) is 0 Å². The van der Waals surface area contributed by atoms with Crippen LogP contribution in [0.1, 0.15) is 30.4 Å². The van der Waals surface area contributed by atoms with Crippen LogP contribution in [0.4, 0.5) is 17.6 Å². The number of hydrogen-bond donors (Lipinski definition) is 2. The van der Waals surface area contributed by atoms with Crippen LogP contribution < -0.4 is 10.6 Å². The third kappa shape index (κ3) is 7.26. The highest BCUT2D eigenvalue weighted by Gasteiger charge is 2.33. The second kappa shape index (κ2) is 10.9. The molecule has 0 atom stereocenters. The maximum Gasteiger partial charge on any atom is 0.416 e. The molecule has 9 heteroatoms. The summed E-state index contributed by atoms with van der Waals surface area (Å²) in [6.45, 7) is 3.61. The van der Waals surface area contributed by atoms with Crippen molar-refractivity contribution in [2.45, 2.75) is 32.0 Å². The number of nitrogens with zero attached hydrogens (tertiary/aromatic N) is 2. The Bertz CT molecular complexity index is 587. The standard InChI is InChI=1S/C17H24F4N4.HI/c1-22-16(23-7-10-25-8-3-2-4-9-25)24-12-13-5-6-14(18)11-15(13)17(19,20)21;/h5-6,11H,2-4,7-10,12H2,1H3,(H2,22,23,24);1H. The summed E-state index contributed by atoms with van der Waals surface area (Å²) in [5.74, 6) is -0.477. The Balaban J connectivity index is 0.00000338. The summed E-state index contributed by atoms with van der Waals surface area (Å²) in [5.41, 5.74) is -0.989. The van der Waals surface area contributed by atoms with Crippen LogP contribution in [0.5, 0.6) is 0 Å². The van der Waals surface area contributed by atoms with Gasteiger partial charge >= 0.3 is 6.18 Å². The highest BCUT2D eigenvalue weighted by molar-refractivity contribution is 14.0. The number of nitrogens with one attached hydrogen (secondary N) is 2. The molecular weight excluding hydrogens is 463 g/mol. The van der Waals surface area contributed by atoms with Gasteiger partial charge in [-0.15, -0.1) is 24.0 Å². The Labute approximate surface area is 168 Å². The van der Waals surface area contributed by atoms with Gasteiger partial charge in [-0.05, 0) is 43.6 Å². The number of halogens is 5. The first-order chi connectivity index (χ1) is 11.9. The van der Waals surface area contributed by atoms with E-state index in [1.807, 2.05) is 0 Å². The highest BCUT2D eigenvalue weighted by atomic mass is 127. The molecular formula is C17H25F4IN4. The topological polar surface area (TPSA) is 39.7 Å². The van der Waals surface area contributed by atoms with Gasteiger partial charge in [0.05, 0.1) is 5.56 Å². The summed E-state index contributed by atoms with van der Waals surface area (Å²) in [4.78, 5) is 6.37. The number of aliphatic imine (C=N–C) groups is 1. The summed E-state index contributed by atoms with van der Waals surface area (Å²) >= 11 is 0. The minimum absolute atomic E-state index is 0. The SMILES string of the molecule is CN=C(NCCN1CCCCC1)NCc1ccc(F)cc1C(F)(F)F.I. The van der Waals surface area contributed by atoms with Crippen LogP contribution >= 0.6 is 24.0 Å². The van der Waals surface area contributed by atoms with Crippen LogP contribution in [0.25, 0.3) is 0 Å². The third-order valence-electron chi connectivity index (χ3n) is 4.22. The maximum absolute atomic E-state index is 13.1. The molecule has 2 N–H and O–H groups in total. The lowest BCUT2D eigenvalue weighted by Gasteiger charge is -2.26. The van der Waals surface area contributed by atoms with Crippen LogP contribution in [0.15, 0.2) is 23.2 Å². The van der Waals surface area contributed by atoms with Crippen LogP contribution in [-0.2, 0) is 12.7 Å². The molecule has 4 nitrogen and oxygen atoms in total. The zero-order valence-electron chi connectivity index (χ0n) is 14.7. The highest BCUT2D eigenvalue weighted by Crippen LogP contribution is 2.32. The van der Waals surface area contributed by atoms with Gasteiger partial charge in [-0.1, -0.05) is 12.5 Å². The summed E-state index contributed by atoms with van der Waals surface area (Å²) in [6.07, 6.45) is -0.911. The molecule has 1 saturated heterocycles. The van der Waals surface area contributed by atoms with E-state index < -0.39 is 17.6 Å². The average molecular weight is 488 g/mol. The number of alkyl halides is 3. The zero-order valence-corrected chi connectivity index (χ0v) is 17.0. The lowest BCUT2D eigenvalue weighted by molar-refractivity contribution is -0.138. The second-order valence-corrected chi connectivity index (χ2v) is 6.05. The van der Waals surface area contributed by atoms with E-state index in [1.165, 1.54) is 19.3 Å². The summed E-state index contributed by atoms with van der Waals surface area (Å²) in [5, 5.41) is 5.95. The molecule has 1 aromatic carbocycles. The van der Waals surface area contributed by atoms with Crippen LogP contribution in [0.2, 0.25) is 0 Å². The van der Waals surface area contributed by atoms with E-state index in [9.17, 15) is 17.6 Å². The lowest BCUT2D eigenvalue weighted by Crippen LogP contribution is -2.42. The Morgan fingerprint density at radius 2 is 1.85 bits per heavy atom. The molecule has 0 aromatic heterocycles. The number of hydrogen-bond acceptors (Lipinski definition) is 2. The first-order valence-corrected chi connectivity index (χ1v) is 8.42. The molecule has 1 aromatic rings. The van der Waals surface area contributed by atoms with Crippen molar-refractivity contribution in [3.8, 4) is 0 Å². The molecule has 26 heavy (non-hydrogen) atoms. The van der Waals surface area contributed by atoms with Gasteiger partial charge in [0.15, 0.2) is 5.96 Å². The lowest BCUT2D eigenvalue weighted by atomic mass is 10.1. The first kappa shape index (κ1) is 22.9. The van der Waals surface area contributed by atoms with Crippen LogP contribution in [0, 0.1) is 5.82 Å². The van der Waals surface area contributed by atoms with Crippen LogP contribution in [-0.4, -0.2) is 44.1 Å². The van der Waals surface area contributed by atoms with Crippen molar-refractivity contribution in [1.82, 2.24) is 15.5 Å². The molecule has 148 valence electrons. The number of piperidine rings is 1. The normalized spacial score (nSPS) is 16.1. The summed E-state index contributed by atoms with van der Waals surface area (Å²) in [6, 6.07) is 2.69. The minimum atomic E-state index is -4.59. The summed E-state index contributed by atoms with van der Waals surface area (Å²) < 4.78 is 52.1. The molecule has 1 aliphatic heterocycles. The van der Waals surface area contributed by atoms with Gasteiger partial charge < -0.3 is 15.5 Å². The van der Waals surface area contributed by atoms with Crippen molar-refractivity contribution in [2.24, 2.45) is 4.99 Å². The van der Waals surface area contributed by atoms with Gasteiger partial charge in [-0.2, -0.15) is 13.2 Å². The zero-order chi connectivity index (χ0) is 18.3. The molecule has 0 unspecified atom stereocenters. The van der Waals surface area contributed by atoms with Crippen molar-refractivity contribution >= 4 is 29.9 Å². The van der Waals surface area contributed by atoms with E-state index in [4.69, 9.17) is 0 Å². The van der Waals surface area contributed by atoms with E-state index >= 15 is 0 Å². The Morgan fingerprint density at radius 1 is 1.15 bits per heavy atom. The van der Waals surface area contributed by atoms with Crippen molar-refractivity contribution in [3.63, 3.8) is 0 Å². The van der Waals surface area contributed by atoms with Crippen LogP contribution in [0.3, 0.4) is 0 Å². The Morgan fingerprint density at radius 3 is 2.46 bits per heavy atom. The largest absolute Gasteiger partial charge is 0.416 e. The van der Waals surface area contributed by atoms with E-state index in [0.29, 0.717) is 18.6 Å². The molecule has 0 spiro atoms. The predicted octanol–water partition coefficient (Wildman–Crippen LogP) is 3.61. The fourth-order valence-corrected chi connectivity index (χ4v) is 2.88. The van der Waals surface area contributed by atoms with Gasteiger partial charge in [0, 0.05) is 26.7 Å². The van der Waals surface area contributed by atoms with Gasteiger partial charge in [0.2, 0.25) is 0 Å². The van der Waals surface area contributed by atoms with Gasteiger partial charge in [0.25, 0.3) is 0 Å². The van der Waals surface area contributed by atoms with E-state index in [2.05, 4.69) is 20.5 Å². The minimum Gasteiger partial charge on any atom is -0.355 e. The number of guanidine groups is 1. The molecule has 0 amide bonds. The predicted molar refractivity (Wildman–Crippen MR) is 105 cm³/mol.